The molecule has 2 heterocycles. The van der Waals surface area contributed by atoms with Crippen LogP contribution in [0.2, 0.25) is 5.02 Å². The fourth-order valence-electron chi connectivity index (χ4n) is 3.92. The highest BCUT2D eigenvalue weighted by Crippen LogP contribution is 2.38. The Morgan fingerprint density at radius 3 is 2.62 bits per heavy atom. The van der Waals surface area contributed by atoms with E-state index in [2.05, 4.69) is 5.32 Å². The van der Waals surface area contributed by atoms with E-state index in [4.69, 9.17) is 21.1 Å². The van der Waals surface area contributed by atoms with Crippen LogP contribution in [0.15, 0.2) is 48.5 Å². The average molecular weight is 455 g/mol. The smallest absolute Gasteiger partial charge is 0.246 e. The summed E-state index contributed by atoms with van der Waals surface area (Å²) in [7, 11) is 0. The highest BCUT2D eigenvalue weighted by atomic mass is 35.5. The molecule has 1 saturated heterocycles. The zero-order valence-corrected chi connectivity index (χ0v) is 18.6. The molecule has 6 nitrogen and oxygen atoms in total. The molecule has 2 aliphatic rings. The van der Waals surface area contributed by atoms with Gasteiger partial charge in [0.05, 0.1) is 18.2 Å². The van der Waals surface area contributed by atoms with Crippen LogP contribution in [0.4, 0.5) is 0 Å². The van der Waals surface area contributed by atoms with E-state index in [1.807, 2.05) is 42.5 Å². The highest BCUT2D eigenvalue weighted by Gasteiger charge is 2.26. The molecule has 0 spiro atoms. The number of nitrogens with zero attached hydrogens (tertiary/aromatic N) is 1. The fraction of sp³-hybridized carbons (Fsp3) is 0.360. The van der Waals surface area contributed by atoms with E-state index in [9.17, 15) is 9.59 Å². The minimum atomic E-state index is -0.104. The Hall–Kier alpha value is -2.99. The van der Waals surface area contributed by atoms with Crippen LogP contribution >= 0.6 is 11.6 Å². The number of piperidine rings is 1. The lowest BCUT2D eigenvalue weighted by molar-refractivity contribution is -0.132. The van der Waals surface area contributed by atoms with Crippen LogP contribution in [-0.2, 0) is 16.1 Å². The van der Waals surface area contributed by atoms with Crippen molar-refractivity contribution in [2.75, 3.05) is 26.3 Å². The molecule has 0 atom stereocenters. The van der Waals surface area contributed by atoms with Gasteiger partial charge in [0.2, 0.25) is 11.8 Å². The van der Waals surface area contributed by atoms with Crippen molar-refractivity contribution in [2.45, 2.75) is 25.8 Å². The summed E-state index contributed by atoms with van der Waals surface area (Å²) in [4.78, 5) is 26.9. The first-order valence-corrected chi connectivity index (χ1v) is 11.4. The third kappa shape index (κ3) is 5.62. The topological polar surface area (TPSA) is 67.9 Å². The minimum absolute atomic E-state index is 0.000148. The Bertz CT molecular complexity index is 985. The van der Waals surface area contributed by atoms with Crippen molar-refractivity contribution in [3.63, 3.8) is 0 Å². The van der Waals surface area contributed by atoms with Gasteiger partial charge in [0.1, 0.15) is 0 Å². The van der Waals surface area contributed by atoms with E-state index < -0.39 is 0 Å². The second-order valence-electron chi connectivity index (χ2n) is 8.02. The molecule has 1 N–H and O–H groups in total. The van der Waals surface area contributed by atoms with E-state index in [1.165, 1.54) is 0 Å². The molecule has 0 aliphatic carbocycles. The van der Waals surface area contributed by atoms with E-state index in [0.717, 1.165) is 17.5 Å². The van der Waals surface area contributed by atoms with Crippen LogP contribution in [0.1, 0.15) is 30.4 Å². The first kappa shape index (κ1) is 22.2. The fourth-order valence-corrected chi connectivity index (χ4v) is 4.21. The zero-order chi connectivity index (χ0) is 22.3. The molecule has 0 bridgehead atoms. The number of nitrogens with one attached hydrogen (secondary N) is 1. The summed E-state index contributed by atoms with van der Waals surface area (Å²) in [5.74, 6) is 1.06. The lowest BCUT2D eigenvalue weighted by Crippen LogP contribution is -2.42. The van der Waals surface area contributed by atoms with Gasteiger partial charge >= 0.3 is 0 Å². The molecule has 4 rings (SSSR count). The number of hydrogen-bond acceptors (Lipinski definition) is 4. The first-order chi connectivity index (χ1) is 15.6. The molecule has 168 valence electrons. The molecule has 2 amide bonds. The summed E-state index contributed by atoms with van der Waals surface area (Å²) in [5.41, 5.74) is 1.86. The molecule has 0 saturated carbocycles. The molecule has 0 radical (unpaired) electrons. The van der Waals surface area contributed by atoms with Crippen LogP contribution in [0, 0.1) is 5.92 Å². The molecule has 2 aromatic rings. The van der Waals surface area contributed by atoms with Crippen molar-refractivity contribution >= 4 is 29.5 Å². The predicted molar refractivity (Wildman–Crippen MR) is 124 cm³/mol. The molecule has 0 unspecified atom stereocenters. The van der Waals surface area contributed by atoms with Gasteiger partial charge in [-0.3, -0.25) is 9.59 Å². The lowest BCUT2D eigenvalue weighted by atomic mass is 9.95. The van der Waals surface area contributed by atoms with Gasteiger partial charge in [-0.2, -0.15) is 0 Å². The first-order valence-electron chi connectivity index (χ1n) is 11.0. The maximum atomic E-state index is 12.7. The van der Waals surface area contributed by atoms with Crippen molar-refractivity contribution in [3.8, 4) is 11.5 Å². The average Bonchev–Trinajstić information content (AvgIpc) is 3.08. The van der Waals surface area contributed by atoms with Gasteiger partial charge in [0.25, 0.3) is 0 Å². The number of carbonyl (C=O) groups excluding carboxylic acids is 2. The summed E-state index contributed by atoms with van der Waals surface area (Å²) in [5, 5.41) is 3.49. The molecule has 0 aromatic heterocycles. The number of halogens is 1. The molecule has 1 fully saturated rings. The van der Waals surface area contributed by atoms with Gasteiger partial charge in [-0.05, 0) is 42.2 Å². The summed E-state index contributed by atoms with van der Waals surface area (Å²) in [6, 6.07) is 13.4. The number of hydrogen-bond donors (Lipinski definition) is 1. The summed E-state index contributed by atoms with van der Waals surface area (Å²) in [6.07, 6.45) is 5.53. The second-order valence-corrected chi connectivity index (χ2v) is 8.42. The standard InChI is InChI=1S/C25H27ClN2O4/c26-21-15-19(16-22-24(21)32-14-4-13-31-22)17-27-25(30)20-9-11-28(12-10-20)23(29)8-7-18-5-2-1-3-6-18/h1-3,5-8,15-16,20H,4,9-14,17H2,(H,27,30)/b8-7+. The van der Waals surface area contributed by atoms with Crippen LogP contribution in [0.5, 0.6) is 11.5 Å². The maximum absolute atomic E-state index is 12.7. The van der Waals surface area contributed by atoms with Gasteiger partial charge in [-0.1, -0.05) is 41.9 Å². The van der Waals surface area contributed by atoms with E-state index >= 15 is 0 Å². The number of likely N-dealkylation sites (tertiary alicyclic amines) is 1. The highest BCUT2D eigenvalue weighted by molar-refractivity contribution is 6.32. The quantitative estimate of drug-likeness (QED) is 0.691. The Morgan fingerprint density at radius 2 is 1.84 bits per heavy atom. The van der Waals surface area contributed by atoms with Crippen LogP contribution in [0.25, 0.3) is 6.08 Å². The summed E-state index contributed by atoms with van der Waals surface area (Å²) in [6.45, 7) is 2.68. The number of rotatable bonds is 5. The van der Waals surface area contributed by atoms with Crippen molar-refractivity contribution in [1.82, 2.24) is 10.2 Å². The lowest BCUT2D eigenvalue weighted by Gasteiger charge is -2.30. The van der Waals surface area contributed by atoms with Gasteiger partial charge < -0.3 is 19.7 Å². The van der Waals surface area contributed by atoms with Crippen LogP contribution in [-0.4, -0.2) is 43.0 Å². The number of carbonyl (C=O) groups is 2. The third-order valence-corrected chi connectivity index (χ3v) is 6.00. The monoisotopic (exact) mass is 454 g/mol. The zero-order valence-electron chi connectivity index (χ0n) is 17.9. The van der Waals surface area contributed by atoms with E-state index in [0.29, 0.717) is 62.2 Å². The summed E-state index contributed by atoms with van der Waals surface area (Å²) < 4.78 is 11.4. The molecular weight excluding hydrogens is 428 g/mol. The van der Waals surface area contributed by atoms with Crippen LogP contribution in [0.3, 0.4) is 0 Å². The largest absolute Gasteiger partial charge is 0.489 e. The van der Waals surface area contributed by atoms with Gasteiger partial charge in [-0.25, -0.2) is 0 Å². The number of fused-ring (bicyclic) bond motifs is 1. The van der Waals surface area contributed by atoms with Gasteiger partial charge in [0, 0.05) is 38.0 Å². The number of ether oxygens (including phenoxy) is 2. The SMILES string of the molecule is O=C(NCc1cc(Cl)c2c(c1)OCCCO2)C1CCN(C(=O)/C=C/c2ccccc2)CC1. The van der Waals surface area contributed by atoms with Crippen molar-refractivity contribution in [3.05, 3.63) is 64.7 Å². The van der Waals surface area contributed by atoms with Crippen molar-refractivity contribution < 1.29 is 19.1 Å². The van der Waals surface area contributed by atoms with E-state index in [-0.39, 0.29) is 17.7 Å². The van der Waals surface area contributed by atoms with Crippen molar-refractivity contribution in [1.29, 1.82) is 0 Å². The molecular formula is C25H27ClN2O4. The normalized spacial score (nSPS) is 16.6. The summed E-state index contributed by atoms with van der Waals surface area (Å²) >= 11 is 6.33. The maximum Gasteiger partial charge on any atom is 0.246 e. The Kier molecular flexibility index (Phi) is 7.32. The Morgan fingerprint density at radius 1 is 1.09 bits per heavy atom. The number of amides is 2. The van der Waals surface area contributed by atoms with Crippen LogP contribution < -0.4 is 14.8 Å². The minimum Gasteiger partial charge on any atom is -0.489 e. The van der Waals surface area contributed by atoms with Gasteiger partial charge in [-0.15, -0.1) is 0 Å². The second kappa shape index (κ2) is 10.6. The Balaban J connectivity index is 1.26. The molecule has 7 heteroatoms. The molecule has 2 aromatic carbocycles. The molecule has 2 aliphatic heterocycles. The Labute approximate surface area is 193 Å². The van der Waals surface area contributed by atoms with E-state index in [1.54, 1.807) is 17.0 Å². The van der Waals surface area contributed by atoms with Crippen molar-refractivity contribution in [2.24, 2.45) is 5.92 Å². The number of benzene rings is 2. The van der Waals surface area contributed by atoms with Gasteiger partial charge in [0.15, 0.2) is 11.5 Å². The molecule has 32 heavy (non-hydrogen) atoms. The predicted octanol–water partition coefficient (Wildman–Crippen LogP) is 4.07. The third-order valence-electron chi connectivity index (χ3n) is 5.72.